The third-order valence-electron chi connectivity index (χ3n) is 3.92. The first-order valence-electron chi connectivity index (χ1n) is 6.88. The lowest BCUT2D eigenvalue weighted by molar-refractivity contribution is -0.116. The fraction of sp³-hybridized carbons (Fsp3) is 0.500. The van der Waals surface area contributed by atoms with Crippen LogP contribution >= 0.6 is 0 Å². The van der Waals surface area contributed by atoms with E-state index in [0.29, 0.717) is 5.69 Å². The molecule has 5 heteroatoms. The van der Waals surface area contributed by atoms with Crippen LogP contribution in [0.25, 0.3) is 0 Å². The van der Waals surface area contributed by atoms with Gasteiger partial charge in [0.15, 0.2) is 0 Å². The Balaban J connectivity index is 2.77. The van der Waals surface area contributed by atoms with Crippen LogP contribution in [0.4, 0.5) is 14.5 Å². The van der Waals surface area contributed by atoms with Gasteiger partial charge < -0.3 is 5.32 Å². The lowest BCUT2D eigenvalue weighted by Crippen LogP contribution is -2.37. The molecule has 0 fully saturated rings. The molecule has 0 radical (unpaired) electrons. The highest BCUT2D eigenvalue weighted by molar-refractivity contribution is 6.03. The molecule has 1 heterocycles. The molecule has 1 aromatic rings. The average molecular weight is 296 g/mol. The predicted molar refractivity (Wildman–Crippen MR) is 80.4 cm³/mol. The zero-order valence-corrected chi connectivity index (χ0v) is 13.0. The van der Waals surface area contributed by atoms with Crippen molar-refractivity contribution in [2.75, 3.05) is 5.32 Å². The van der Waals surface area contributed by atoms with Crippen molar-refractivity contribution in [3.63, 3.8) is 0 Å². The molecule has 1 rings (SSSR count). The normalized spacial score (nSPS) is 14.4. The van der Waals surface area contributed by atoms with E-state index in [1.54, 1.807) is 32.2 Å². The van der Waals surface area contributed by atoms with Crippen LogP contribution < -0.4 is 5.32 Å². The van der Waals surface area contributed by atoms with E-state index in [2.05, 4.69) is 16.9 Å². The molecule has 1 N–H and O–H groups in total. The van der Waals surface area contributed by atoms with Crippen LogP contribution in [0.5, 0.6) is 0 Å². The summed E-state index contributed by atoms with van der Waals surface area (Å²) in [7, 11) is 0. The number of rotatable bonds is 6. The molecule has 0 saturated carbocycles. The summed E-state index contributed by atoms with van der Waals surface area (Å²) in [5.74, 6) is -3.32. The average Bonchev–Trinajstić information content (AvgIpc) is 2.37. The van der Waals surface area contributed by atoms with Crippen molar-refractivity contribution in [3.05, 3.63) is 36.2 Å². The Morgan fingerprint density at radius 1 is 1.43 bits per heavy atom. The molecule has 1 amide bonds. The maximum absolute atomic E-state index is 13.7. The van der Waals surface area contributed by atoms with Gasteiger partial charge in [0.1, 0.15) is 0 Å². The second-order valence-corrected chi connectivity index (χ2v) is 5.72. The van der Waals surface area contributed by atoms with Crippen molar-refractivity contribution in [2.45, 2.75) is 46.5 Å². The first-order valence-corrected chi connectivity index (χ1v) is 6.88. The molecule has 3 nitrogen and oxygen atoms in total. The van der Waals surface area contributed by atoms with E-state index < -0.39 is 17.2 Å². The third kappa shape index (κ3) is 4.34. The fourth-order valence-corrected chi connectivity index (χ4v) is 1.98. The summed E-state index contributed by atoms with van der Waals surface area (Å²) in [6.07, 6.45) is 1.78. The monoisotopic (exact) mass is 296 g/mol. The van der Waals surface area contributed by atoms with E-state index in [1.807, 2.05) is 0 Å². The van der Waals surface area contributed by atoms with Gasteiger partial charge in [0.2, 0.25) is 0 Å². The van der Waals surface area contributed by atoms with Crippen LogP contribution in [-0.4, -0.2) is 16.8 Å². The van der Waals surface area contributed by atoms with Crippen molar-refractivity contribution in [2.24, 2.45) is 5.41 Å². The maximum Gasteiger partial charge on any atom is 0.251 e. The minimum atomic E-state index is -2.88. The minimum Gasteiger partial charge on any atom is -0.322 e. The molecule has 1 atom stereocenters. The lowest BCUT2D eigenvalue weighted by atomic mass is 9.76. The number of amides is 1. The Labute approximate surface area is 124 Å². The third-order valence-corrected chi connectivity index (χ3v) is 3.92. The quantitative estimate of drug-likeness (QED) is 0.793. The summed E-state index contributed by atoms with van der Waals surface area (Å²) in [4.78, 5) is 16.1. The van der Waals surface area contributed by atoms with Crippen LogP contribution in [0.3, 0.4) is 0 Å². The molecule has 21 heavy (non-hydrogen) atoms. The molecule has 0 bridgehead atoms. The smallest absolute Gasteiger partial charge is 0.251 e. The van der Waals surface area contributed by atoms with Gasteiger partial charge in [-0.1, -0.05) is 20.4 Å². The van der Waals surface area contributed by atoms with Gasteiger partial charge in [-0.15, -0.1) is 0 Å². The van der Waals surface area contributed by atoms with E-state index in [9.17, 15) is 13.6 Å². The zero-order chi connectivity index (χ0) is 16.3. The summed E-state index contributed by atoms with van der Waals surface area (Å²) in [6, 6.07) is 3.35. The highest BCUT2D eigenvalue weighted by Crippen LogP contribution is 2.43. The van der Waals surface area contributed by atoms with Crippen molar-refractivity contribution in [1.29, 1.82) is 0 Å². The van der Waals surface area contributed by atoms with Gasteiger partial charge in [-0.05, 0) is 38.8 Å². The molecule has 0 spiro atoms. The second kappa shape index (κ2) is 6.33. The molecule has 0 aliphatic rings. The molecule has 1 aromatic heterocycles. The summed E-state index contributed by atoms with van der Waals surface area (Å²) in [5, 5.41) is 2.66. The van der Waals surface area contributed by atoms with Crippen molar-refractivity contribution < 1.29 is 13.6 Å². The standard InChI is InChI=1S/C16H22F2N2O/c1-6-15(4,16(5,17)18)10-11(2)14(21)20-13-7-8-19-12(3)9-13/h7-9H,2,6,10H2,1,3-5H3,(H,19,20,21)/t15-/m1/s1. The van der Waals surface area contributed by atoms with Crippen molar-refractivity contribution >= 4 is 11.6 Å². The van der Waals surface area contributed by atoms with Crippen LogP contribution in [0.2, 0.25) is 0 Å². The Hall–Kier alpha value is -1.78. The van der Waals surface area contributed by atoms with Gasteiger partial charge in [-0.2, -0.15) is 0 Å². The number of halogens is 2. The van der Waals surface area contributed by atoms with E-state index >= 15 is 0 Å². The summed E-state index contributed by atoms with van der Waals surface area (Å²) in [5.41, 5.74) is 0.206. The summed E-state index contributed by atoms with van der Waals surface area (Å²) < 4.78 is 27.4. The molecule has 0 unspecified atom stereocenters. The number of carbonyl (C=O) groups is 1. The van der Waals surface area contributed by atoms with E-state index in [1.165, 1.54) is 6.92 Å². The maximum atomic E-state index is 13.7. The topological polar surface area (TPSA) is 42.0 Å². The van der Waals surface area contributed by atoms with Crippen molar-refractivity contribution in [1.82, 2.24) is 4.98 Å². The van der Waals surface area contributed by atoms with E-state index in [0.717, 1.165) is 12.6 Å². The van der Waals surface area contributed by atoms with Crippen LogP contribution in [-0.2, 0) is 4.79 Å². The molecule has 0 aliphatic carbocycles. The summed E-state index contributed by atoms with van der Waals surface area (Å²) >= 11 is 0. The lowest BCUT2D eigenvalue weighted by Gasteiger charge is -2.34. The Morgan fingerprint density at radius 3 is 2.52 bits per heavy atom. The largest absolute Gasteiger partial charge is 0.322 e. The molecule has 0 aliphatic heterocycles. The number of nitrogens with zero attached hydrogens (tertiary/aromatic N) is 1. The number of hydrogen-bond acceptors (Lipinski definition) is 2. The molecule has 0 aromatic carbocycles. The first-order chi connectivity index (χ1) is 9.59. The van der Waals surface area contributed by atoms with Gasteiger partial charge in [-0.3, -0.25) is 9.78 Å². The number of pyridine rings is 1. The Morgan fingerprint density at radius 2 is 2.05 bits per heavy atom. The molecular formula is C16H22F2N2O. The highest BCUT2D eigenvalue weighted by Gasteiger charge is 2.45. The number of nitrogens with one attached hydrogen (secondary N) is 1. The van der Waals surface area contributed by atoms with Gasteiger partial charge in [0, 0.05) is 28.6 Å². The molecular weight excluding hydrogens is 274 g/mol. The fourth-order valence-electron chi connectivity index (χ4n) is 1.98. The Kier molecular flexibility index (Phi) is 5.20. The van der Waals surface area contributed by atoms with Gasteiger partial charge in [0.05, 0.1) is 0 Å². The number of aromatic nitrogens is 1. The Bertz CT molecular complexity index is 537. The predicted octanol–water partition coefficient (Wildman–Crippen LogP) is 4.35. The van der Waals surface area contributed by atoms with Crippen LogP contribution in [0.15, 0.2) is 30.5 Å². The van der Waals surface area contributed by atoms with Crippen LogP contribution in [0.1, 0.15) is 39.3 Å². The summed E-state index contributed by atoms with van der Waals surface area (Å²) in [6.45, 7) is 9.51. The van der Waals surface area contributed by atoms with Gasteiger partial charge >= 0.3 is 0 Å². The minimum absolute atomic E-state index is 0.0527. The molecule has 116 valence electrons. The molecule has 0 saturated heterocycles. The van der Waals surface area contributed by atoms with Gasteiger partial charge in [-0.25, -0.2) is 8.78 Å². The van der Waals surface area contributed by atoms with E-state index in [4.69, 9.17) is 0 Å². The first kappa shape index (κ1) is 17.3. The zero-order valence-electron chi connectivity index (χ0n) is 13.0. The van der Waals surface area contributed by atoms with E-state index in [-0.39, 0.29) is 18.4 Å². The number of aryl methyl sites for hydroxylation is 1. The second-order valence-electron chi connectivity index (χ2n) is 5.72. The number of anilines is 1. The number of hydrogen-bond donors (Lipinski definition) is 1. The number of carbonyl (C=O) groups excluding carboxylic acids is 1. The van der Waals surface area contributed by atoms with Gasteiger partial charge in [0.25, 0.3) is 11.8 Å². The highest BCUT2D eigenvalue weighted by atomic mass is 19.3. The van der Waals surface area contributed by atoms with Crippen LogP contribution in [0, 0.1) is 12.3 Å². The SMILES string of the molecule is C=C(C[C@@](C)(CC)C(C)(F)F)C(=O)Nc1ccnc(C)c1. The number of alkyl halides is 2. The van der Waals surface area contributed by atoms with Crippen molar-refractivity contribution in [3.8, 4) is 0 Å².